The van der Waals surface area contributed by atoms with Gasteiger partial charge in [-0.25, -0.2) is 14.2 Å². The summed E-state index contributed by atoms with van der Waals surface area (Å²) < 4.78 is 24.7. The third-order valence-corrected chi connectivity index (χ3v) is 4.14. The van der Waals surface area contributed by atoms with Crippen molar-refractivity contribution in [2.45, 2.75) is 20.8 Å². The zero-order valence-corrected chi connectivity index (χ0v) is 15.4. The van der Waals surface area contributed by atoms with E-state index in [0.717, 1.165) is 12.3 Å². The molecule has 2 aromatic heterocycles. The highest BCUT2D eigenvalue weighted by Crippen LogP contribution is 2.35. The maximum Gasteiger partial charge on any atom is 0.357 e. The Morgan fingerprint density at radius 3 is 2.61 bits per heavy atom. The maximum atomic E-state index is 14.8. The zero-order valence-electron chi connectivity index (χ0n) is 15.4. The summed E-state index contributed by atoms with van der Waals surface area (Å²) in [5, 5.41) is 15.3. The van der Waals surface area contributed by atoms with Crippen molar-refractivity contribution in [1.29, 1.82) is 0 Å². The molecule has 0 aliphatic heterocycles. The van der Waals surface area contributed by atoms with E-state index in [1.54, 1.807) is 26.8 Å². The number of rotatable bonds is 5. The number of aromatic nitrogens is 2. The van der Waals surface area contributed by atoms with Crippen LogP contribution >= 0.6 is 0 Å². The predicted molar refractivity (Wildman–Crippen MR) is 97.2 cm³/mol. The number of carbonyl (C=O) groups is 1. The number of nitrogens with zero attached hydrogens (tertiary/aromatic N) is 3. The Labute approximate surface area is 159 Å². The lowest BCUT2D eigenvalue weighted by atomic mass is 9.98. The van der Waals surface area contributed by atoms with Gasteiger partial charge in [0, 0.05) is 23.4 Å². The number of aryl methyl sites for hydroxylation is 2. The van der Waals surface area contributed by atoms with Crippen molar-refractivity contribution in [2.75, 3.05) is 6.61 Å². The number of hydrogen-bond acceptors (Lipinski definition) is 7. The van der Waals surface area contributed by atoms with Gasteiger partial charge in [0.2, 0.25) is 0 Å². The maximum absolute atomic E-state index is 14.8. The van der Waals surface area contributed by atoms with Gasteiger partial charge in [-0.3, -0.25) is 10.1 Å². The number of ether oxygens (including phenoxy) is 1. The Balaban J connectivity index is 2.08. The SMILES string of the molecule is CCOC(=O)c1cc([N+](=O)[O-])c(-c2ccc(-c3c(C)noc3C)cc2F)cn1. The van der Waals surface area contributed by atoms with Crippen molar-refractivity contribution >= 4 is 11.7 Å². The van der Waals surface area contributed by atoms with Crippen molar-refractivity contribution < 1.29 is 23.4 Å². The predicted octanol–water partition coefficient (Wildman–Crippen LogP) is 4.24. The van der Waals surface area contributed by atoms with Crippen LogP contribution in [0.3, 0.4) is 0 Å². The van der Waals surface area contributed by atoms with E-state index in [1.165, 1.54) is 12.1 Å². The van der Waals surface area contributed by atoms with Crippen LogP contribution in [0.1, 0.15) is 28.9 Å². The van der Waals surface area contributed by atoms with Crippen LogP contribution in [-0.4, -0.2) is 27.6 Å². The molecule has 28 heavy (non-hydrogen) atoms. The van der Waals surface area contributed by atoms with Gasteiger partial charge in [0.25, 0.3) is 5.69 Å². The van der Waals surface area contributed by atoms with Gasteiger partial charge in [-0.1, -0.05) is 17.3 Å². The van der Waals surface area contributed by atoms with E-state index in [-0.39, 0.29) is 23.4 Å². The Hall–Kier alpha value is -3.62. The second-order valence-electron chi connectivity index (χ2n) is 5.96. The van der Waals surface area contributed by atoms with Crippen molar-refractivity contribution in [3.05, 3.63) is 63.5 Å². The highest BCUT2D eigenvalue weighted by molar-refractivity contribution is 5.89. The third-order valence-electron chi connectivity index (χ3n) is 4.14. The van der Waals surface area contributed by atoms with Crippen LogP contribution < -0.4 is 0 Å². The van der Waals surface area contributed by atoms with Gasteiger partial charge in [0.1, 0.15) is 11.6 Å². The summed E-state index contributed by atoms with van der Waals surface area (Å²) in [5.41, 5.74) is 1.10. The minimum atomic E-state index is -0.786. The van der Waals surface area contributed by atoms with E-state index in [2.05, 4.69) is 10.1 Å². The average Bonchev–Trinajstić information content (AvgIpc) is 2.99. The first-order valence-corrected chi connectivity index (χ1v) is 8.38. The van der Waals surface area contributed by atoms with Crippen molar-refractivity contribution in [1.82, 2.24) is 10.1 Å². The Bertz CT molecular complexity index is 1060. The fourth-order valence-corrected chi connectivity index (χ4v) is 2.90. The van der Waals surface area contributed by atoms with Gasteiger partial charge < -0.3 is 9.26 Å². The molecule has 0 amide bonds. The van der Waals surface area contributed by atoms with Crippen LogP contribution in [0.15, 0.2) is 35.0 Å². The highest BCUT2D eigenvalue weighted by atomic mass is 19.1. The highest BCUT2D eigenvalue weighted by Gasteiger charge is 2.23. The first-order valence-electron chi connectivity index (χ1n) is 8.38. The number of nitro groups is 1. The molecule has 0 radical (unpaired) electrons. The van der Waals surface area contributed by atoms with Crippen molar-refractivity contribution in [2.24, 2.45) is 0 Å². The third kappa shape index (κ3) is 3.46. The molecule has 0 N–H and O–H groups in total. The largest absolute Gasteiger partial charge is 0.461 e. The molecular weight excluding hydrogens is 369 g/mol. The normalized spacial score (nSPS) is 10.7. The average molecular weight is 385 g/mol. The van der Waals surface area contributed by atoms with Gasteiger partial charge in [-0.2, -0.15) is 0 Å². The lowest BCUT2D eigenvalue weighted by Gasteiger charge is -2.08. The van der Waals surface area contributed by atoms with Crippen LogP contribution in [0.25, 0.3) is 22.3 Å². The van der Waals surface area contributed by atoms with Crippen molar-refractivity contribution in [3.8, 4) is 22.3 Å². The van der Waals surface area contributed by atoms with Gasteiger partial charge in [0.05, 0.1) is 22.8 Å². The van der Waals surface area contributed by atoms with E-state index in [1.807, 2.05) is 0 Å². The fourth-order valence-electron chi connectivity index (χ4n) is 2.90. The minimum Gasteiger partial charge on any atom is -0.461 e. The molecular formula is C19H16FN3O5. The Morgan fingerprint density at radius 1 is 1.29 bits per heavy atom. The van der Waals surface area contributed by atoms with Gasteiger partial charge in [-0.15, -0.1) is 0 Å². The summed E-state index contributed by atoms with van der Waals surface area (Å²) in [4.78, 5) is 26.4. The number of carbonyl (C=O) groups excluding carboxylic acids is 1. The summed E-state index contributed by atoms with van der Waals surface area (Å²) in [5.74, 6) is -0.922. The summed E-state index contributed by atoms with van der Waals surface area (Å²) in [6, 6.07) is 5.28. The number of halogens is 1. The number of pyridine rings is 1. The number of hydrogen-bond donors (Lipinski definition) is 0. The zero-order chi connectivity index (χ0) is 20.4. The molecule has 3 rings (SSSR count). The molecule has 8 nitrogen and oxygen atoms in total. The fraction of sp³-hybridized carbons (Fsp3) is 0.211. The van der Waals surface area contributed by atoms with Crippen molar-refractivity contribution in [3.63, 3.8) is 0 Å². The van der Waals surface area contributed by atoms with Crippen LogP contribution in [0.5, 0.6) is 0 Å². The number of esters is 1. The molecule has 144 valence electrons. The monoisotopic (exact) mass is 385 g/mol. The van der Waals surface area contributed by atoms with Gasteiger partial charge >= 0.3 is 5.97 Å². The van der Waals surface area contributed by atoms with Crippen LogP contribution in [0.4, 0.5) is 10.1 Å². The molecule has 0 aliphatic rings. The molecule has 0 atom stereocenters. The van der Waals surface area contributed by atoms with Crippen LogP contribution in [0.2, 0.25) is 0 Å². The Kier molecular flexibility index (Phi) is 5.16. The number of benzene rings is 1. The van der Waals surface area contributed by atoms with Gasteiger partial charge in [0.15, 0.2) is 5.69 Å². The molecule has 0 bridgehead atoms. The molecule has 1 aromatic carbocycles. The summed E-state index contributed by atoms with van der Waals surface area (Å²) in [6.07, 6.45) is 1.10. The molecule has 0 fully saturated rings. The van der Waals surface area contributed by atoms with E-state index in [9.17, 15) is 19.3 Å². The molecule has 2 heterocycles. The van der Waals surface area contributed by atoms with Gasteiger partial charge in [-0.05, 0) is 32.4 Å². The van der Waals surface area contributed by atoms with E-state index < -0.39 is 22.4 Å². The first-order chi connectivity index (χ1) is 13.3. The summed E-state index contributed by atoms with van der Waals surface area (Å²) in [6.45, 7) is 5.16. The van der Waals surface area contributed by atoms with E-state index in [4.69, 9.17) is 9.26 Å². The Morgan fingerprint density at radius 2 is 2.04 bits per heavy atom. The lowest BCUT2D eigenvalue weighted by molar-refractivity contribution is -0.384. The second kappa shape index (κ2) is 7.55. The molecule has 0 saturated carbocycles. The summed E-state index contributed by atoms with van der Waals surface area (Å²) in [7, 11) is 0. The summed E-state index contributed by atoms with van der Waals surface area (Å²) >= 11 is 0. The van der Waals surface area contributed by atoms with Crippen LogP contribution in [-0.2, 0) is 4.74 Å². The van der Waals surface area contributed by atoms with Crippen LogP contribution in [0, 0.1) is 29.8 Å². The standard InChI is InChI=1S/C19H16FN3O5/c1-4-27-19(24)16-8-17(23(25)26)14(9-21-16)13-6-5-12(7-15(13)20)18-10(2)22-28-11(18)3/h5-9H,4H2,1-3H3. The molecule has 0 spiro atoms. The molecule has 0 aliphatic carbocycles. The smallest absolute Gasteiger partial charge is 0.357 e. The molecule has 0 saturated heterocycles. The lowest BCUT2D eigenvalue weighted by Crippen LogP contribution is -2.08. The van der Waals surface area contributed by atoms with E-state index >= 15 is 0 Å². The minimum absolute atomic E-state index is 0.00915. The molecule has 3 aromatic rings. The quantitative estimate of drug-likeness (QED) is 0.367. The first kappa shape index (κ1) is 19.2. The second-order valence-corrected chi connectivity index (χ2v) is 5.96. The topological polar surface area (TPSA) is 108 Å². The molecule has 9 heteroatoms. The molecule has 0 unspecified atom stereocenters. The van der Waals surface area contributed by atoms with E-state index in [0.29, 0.717) is 22.6 Å².